The first-order valence-corrected chi connectivity index (χ1v) is 6.08. The third-order valence-electron chi connectivity index (χ3n) is 3.02. The Bertz CT molecular complexity index is 698. The van der Waals surface area contributed by atoms with Gasteiger partial charge in [-0.25, -0.2) is 0 Å². The minimum absolute atomic E-state index is 0.463. The number of nitriles is 1. The highest BCUT2D eigenvalue weighted by Gasteiger charge is 2.44. The fourth-order valence-corrected chi connectivity index (χ4v) is 1.87. The van der Waals surface area contributed by atoms with Crippen LogP contribution in [0.5, 0.6) is 0 Å². The number of hydrogen-bond donors (Lipinski definition) is 4. The number of rotatable bonds is 4. The van der Waals surface area contributed by atoms with Gasteiger partial charge in [-0.1, -0.05) is 30.2 Å². The summed E-state index contributed by atoms with van der Waals surface area (Å²) < 4.78 is 48.8. The van der Waals surface area contributed by atoms with Gasteiger partial charge in [0, 0.05) is 0 Å². The first kappa shape index (κ1) is 10.2. The maximum atomic E-state index is 9.96. The molecule has 1 saturated heterocycles. The lowest BCUT2D eigenvalue weighted by Crippen LogP contribution is -2.59. The van der Waals surface area contributed by atoms with Gasteiger partial charge >= 0.3 is 0 Å². The zero-order chi connectivity index (χ0) is 19.8. The summed E-state index contributed by atoms with van der Waals surface area (Å²) in [5.74, 6) is 0. The lowest BCUT2D eigenvalue weighted by atomic mass is 9.99. The lowest BCUT2D eigenvalue weighted by Gasteiger charge is -2.40. The van der Waals surface area contributed by atoms with E-state index in [9.17, 15) is 20.6 Å². The summed E-state index contributed by atoms with van der Waals surface area (Å²) in [7, 11) is 0. The van der Waals surface area contributed by atoms with Crippen LogP contribution in [0.4, 0.5) is 0 Å². The molecule has 0 amide bonds. The topological polar surface area (TPSA) is 123 Å². The molecule has 0 spiro atoms. The molecule has 1 aliphatic heterocycles. The van der Waals surface area contributed by atoms with Gasteiger partial charge in [0.25, 0.3) is 0 Å². The van der Waals surface area contributed by atoms with Gasteiger partial charge in [0.05, 0.1) is 19.5 Å². The van der Waals surface area contributed by atoms with Gasteiger partial charge in [-0.05, 0) is 5.56 Å². The third-order valence-corrected chi connectivity index (χ3v) is 3.02. The van der Waals surface area contributed by atoms with Crippen molar-refractivity contribution in [1.29, 1.82) is 5.26 Å². The second-order valence-corrected chi connectivity index (χ2v) is 4.38. The fourth-order valence-electron chi connectivity index (χ4n) is 1.87. The van der Waals surface area contributed by atoms with Crippen molar-refractivity contribution in [3.8, 4) is 6.07 Å². The fraction of sp³-hybridized carbons (Fsp3) is 0.500. The second kappa shape index (κ2) is 6.95. The van der Waals surface area contributed by atoms with Crippen molar-refractivity contribution >= 4 is 0 Å². The number of ether oxygens (including phenoxy) is 2. The van der Waals surface area contributed by atoms with E-state index in [1.54, 1.807) is 6.07 Å². The van der Waals surface area contributed by atoms with E-state index in [1.165, 1.54) is 0 Å². The van der Waals surface area contributed by atoms with Crippen molar-refractivity contribution in [2.24, 2.45) is 0 Å². The molecule has 1 heterocycles. The van der Waals surface area contributed by atoms with E-state index in [1.807, 2.05) is 0 Å². The largest absolute Gasteiger partial charge is 0.394 e. The van der Waals surface area contributed by atoms with Crippen molar-refractivity contribution in [2.45, 2.75) is 36.8 Å². The molecule has 1 fully saturated rings. The normalized spacial score (nSPS) is 37.5. The van der Waals surface area contributed by atoms with Crippen LogP contribution in [0.2, 0.25) is 0 Å². The SMILES string of the molecule is [2H]c1c([2H])c([2H])c(C(C#N)OC2OC(CO)C(O)C(O)C2O)c([2H])c1[2H]. The van der Waals surface area contributed by atoms with E-state index in [0.29, 0.717) is 0 Å². The van der Waals surface area contributed by atoms with Crippen LogP contribution >= 0.6 is 0 Å². The predicted octanol–water partition coefficient (Wildman–Crippen LogP) is -0.932. The summed E-state index contributed by atoms with van der Waals surface area (Å²) in [6.07, 6.45) is -9.87. The third kappa shape index (κ3) is 3.39. The molecule has 6 unspecified atom stereocenters. The number of aliphatic hydroxyl groups is 4. The molecule has 1 aromatic rings. The molecule has 0 aromatic heterocycles. The van der Waals surface area contributed by atoms with Gasteiger partial charge in [0.15, 0.2) is 12.4 Å². The monoisotopic (exact) mass is 300 g/mol. The van der Waals surface area contributed by atoms with Crippen LogP contribution in [0.15, 0.2) is 30.2 Å². The van der Waals surface area contributed by atoms with Gasteiger partial charge in [0.2, 0.25) is 0 Å². The smallest absolute Gasteiger partial charge is 0.188 e. The highest BCUT2D eigenvalue weighted by Crippen LogP contribution is 2.27. The molecule has 7 heteroatoms. The van der Waals surface area contributed by atoms with Crippen LogP contribution in [0, 0.1) is 11.3 Å². The van der Waals surface area contributed by atoms with Crippen molar-refractivity contribution in [3.63, 3.8) is 0 Å². The van der Waals surface area contributed by atoms with Crippen molar-refractivity contribution in [2.75, 3.05) is 6.61 Å². The highest BCUT2D eigenvalue weighted by molar-refractivity contribution is 5.22. The van der Waals surface area contributed by atoms with Gasteiger partial charge in [0.1, 0.15) is 24.4 Å². The lowest BCUT2D eigenvalue weighted by molar-refractivity contribution is -0.307. The first-order valence-electron chi connectivity index (χ1n) is 8.58. The Morgan fingerprint density at radius 3 is 2.48 bits per heavy atom. The molecular weight excluding hydrogens is 278 g/mol. The van der Waals surface area contributed by atoms with Crippen molar-refractivity contribution < 1.29 is 36.8 Å². The molecular formula is C14H17NO6. The molecule has 1 aliphatic rings. The van der Waals surface area contributed by atoms with Crippen LogP contribution in [-0.2, 0) is 9.47 Å². The van der Waals surface area contributed by atoms with E-state index in [4.69, 9.17) is 21.4 Å². The standard InChI is InChI=1S/C14H17NO6/c15-6-9(8-4-2-1-3-5-8)20-14-13(19)12(18)11(17)10(7-16)21-14/h1-5,9-14,16-19H,7H2/i1D,2D,3D,4D,5D. The summed E-state index contributed by atoms with van der Waals surface area (Å²) >= 11 is 0. The van der Waals surface area contributed by atoms with E-state index >= 15 is 0 Å². The Morgan fingerprint density at radius 2 is 1.90 bits per heavy atom. The van der Waals surface area contributed by atoms with Crippen LogP contribution in [0.1, 0.15) is 18.5 Å². The summed E-state index contributed by atoms with van der Waals surface area (Å²) in [5.41, 5.74) is -0.463. The Kier molecular flexibility index (Phi) is 3.39. The van der Waals surface area contributed by atoms with E-state index < -0.39 is 79.2 Å². The van der Waals surface area contributed by atoms with Crippen LogP contribution in [0.3, 0.4) is 0 Å². The molecule has 2 rings (SSSR count). The molecule has 0 saturated carbocycles. The average molecular weight is 300 g/mol. The summed E-state index contributed by atoms with van der Waals surface area (Å²) in [4.78, 5) is 0. The molecule has 114 valence electrons. The first-order chi connectivity index (χ1) is 12.1. The van der Waals surface area contributed by atoms with Crippen LogP contribution < -0.4 is 0 Å². The Labute approximate surface area is 128 Å². The Balaban J connectivity index is 2.38. The molecule has 4 N–H and O–H groups in total. The quantitative estimate of drug-likeness (QED) is 0.566. The minimum Gasteiger partial charge on any atom is -0.394 e. The van der Waals surface area contributed by atoms with Crippen molar-refractivity contribution in [1.82, 2.24) is 0 Å². The van der Waals surface area contributed by atoms with E-state index in [0.717, 1.165) is 0 Å². The molecule has 0 radical (unpaired) electrons. The summed E-state index contributed by atoms with van der Waals surface area (Å²) in [5, 5.41) is 47.9. The van der Waals surface area contributed by atoms with Gasteiger partial charge in [-0.15, -0.1) is 0 Å². The van der Waals surface area contributed by atoms with E-state index in [2.05, 4.69) is 0 Å². The Morgan fingerprint density at radius 1 is 1.24 bits per heavy atom. The zero-order valence-corrected chi connectivity index (χ0v) is 10.7. The minimum atomic E-state index is -1.80. The Hall–Kier alpha value is -1.53. The molecule has 21 heavy (non-hydrogen) atoms. The van der Waals surface area contributed by atoms with Gasteiger partial charge < -0.3 is 29.9 Å². The second-order valence-electron chi connectivity index (χ2n) is 4.38. The average Bonchev–Trinajstić information content (AvgIpc) is 2.63. The molecule has 0 bridgehead atoms. The predicted molar refractivity (Wildman–Crippen MR) is 69.6 cm³/mol. The molecule has 6 atom stereocenters. The molecule has 0 aliphatic carbocycles. The van der Waals surface area contributed by atoms with E-state index in [-0.39, 0.29) is 0 Å². The molecule has 1 aromatic carbocycles. The number of aliphatic hydroxyl groups excluding tert-OH is 4. The highest BCUT2D eigenvalue weighted by atomic mass is 16.7. The summed E-state index contributed by atoms with van der Waals surface area (Å²) in [6.45, 7) is -0.712. The number of nitrogens with zero attached hydrogens (tertiary/aromatic N) is 1. The summed E-state index contributed by atoms with van der Waals surface area (Å²) in [6, 6.07) is -1.69. The number of hydrogen-bond acceptors (Lipinski definition) is 7. The maximum absolute atomic E-state index is 9.96. The van der Waals surface area contributed by atoms with Gasteiger partial charge in [-0.3, -0.25) is 0 Å². The van der Waals surface area contributed by atoms with Crippen molar-refractivity contribution in [3.05, 3.63) is 35.8 Å². The maximum Gasteiger partial charge on any atom is 0.188 e. The molecule has 7 nitrogen and oxygen atoms in total. The van der Waals surface area contributed by atoms with Gasteiger partial charge in [-0.2, -0.15) is 5.26 Å². The zero-order valence-electron chi connectivity index (χ0n) is 15.7. The van der Waals surface area contributed by atoms with Crippen LogP contribution in [0.25, 0.3) is 0 Å². The number of benzene rings is 1. The van der Waals surface area contributed by atoms with Crippen LogP contribution in [-0.4, -0.2) is 57.7 Å².